The number of Topliss-reactive ketones (excluding diaryl/α,β-unsaturated/α-hetero) is 1. The van der Waals surface area contributed by atoms with Gasteiger partial charge in [0.2, 0.25) is 11.5 Å². The summed E-state index contributed by atoms with van der Waals surface area (Å²) in [4.78, 5) is 11.8. The van der Waals surface area contributed by atoms with Crippen LogP contribution in [0.4, 0.5) is 0 Å². The van der Waals surface area contributed by atoms with Gasteiger partial charge in [-0.05, 0) is 6.07 Å². The number of ketones is 1. The van der Waals surface area contributed by atoms with Gasteiger partial charge in [-0.2, -0.15) is 0 Å². The third-order valence-corrected chi connectivity index (χ3v) is 2.27. The molecule has 0 unspecified atom stereocenters. The highest BCUT2D eigenvalue weighted by atomic mass is 16.3. The minimum atomic E-state index is -0.697. The van der Waals surface area contributed by atoms with Gasteiger partial charge in [0.1, 0.15) is 6.26 Å². The lowest BCUT2D eigenvalue weighted by atomic mass is 10.1. The normalized spacial score (nSPS) is 12.0. The first-order valence-corrected chi connectivity index (χ1v) is 4.94. The molecule has 17 heavy (non-hydrogen) atoms. The third-order valence-electron chi connectivity index (χ3n) is 2.27. The van der Waals surface area contributed by atoms with Crippen molar-refractivity contribution in [1.82, 2.24) is 0 Å². The summed E-state index contributed by atoms with van der Waals surface area (Å²) in [6, 6.07) is 9.67. The molecule has 0 fully saturated rings. The van der Waals surface area contributed by atoms with Gasteiger partial charge in [0.15, 0.2) is 5.76 Å². The maximum atomic E-state index is 11.8. The van der Waals surface area contributed by atoms with Crippen molar-refractivity contribution in [2.45, 2.75) is 0 Å². The Morgan fingerprint density at radius 2 is 1.71 bits per heavy atom. The molecule has 86 valence electrons. The highest BCUT2D eigenvalue weighted by Gasteiger charge is 2.17. The molecule has 0 saturated heterocycles. The first-order chi connectivity index (χ1) is 8.20. The van der Waals surface area contributed by atoms with Gasteiger partial charge in [0.05, 0.1) is 11.8 Å². The number of allylic oxidation sites excluding steroid dienone is 1. The van der Waals surface area contributed by atoms with E-state index in [0.717, 1.165) is 0 Å². The topological polar surface area (TPSA) is 70.7 Å². The van der Waals surface area contributed by atoms with E-state index >= 15 is 0 Å². The van der Waals surface area contributed by atoms with Gasteiger partial charge in [0.25, 0.3) is 0 Å². The monoisotopic (exact) mass is 230 g/mol. The van der Waals surface area contributed by atoms with Crippen molar-refractivity contribution < 1.29 is 19.4 Å². The summed E-state index contributed by atoms with van der Waals surface area (Å²) in [5.41, 5.74) is 0.562. The van der Waals surface area contributed by atoms with Crippen LogP contribution in [0.3, 0.4) is 0 Å². The second-order valence-corrected chi connectivity index (χ2v) is 3.40. The largest absolute Gasteiger partial charge is 0.504 e. The average molecular weight is 230 g/mol. The van der Waals surface area contributed by atoms with Crippen LogP contribution in [0, 0.1) is 0 Å². The predicted molar refractivity (Wildman–Crippen MR) is 61.7 cm³/mol. The summed E-state index contributed by atoms with van der Waals surface area (Å²) in [5, 5.41) is 19.3. The first-order valence-electron chi connectivity index (χ1n) is 4.94. The molecule has 1 heterocycles. The van der Waals surface area contributed by atoms with Gasteiger partial charge in [-0.15, -0.1) is 0 Å². The van der Waals surface area contributed by atoms with Crippen LogP contribution in [-0.2, 0) is 0 Å². The zero-order valence-corrected chi connectivity index (χ0v) is 8.83. The van der Waals surface area contributed by atoms with E-state index in [2.05, 4.69) is 0 Å². The number of hydrogen-bond acceptors (Lipinski definition) is 4. The number of furan rings is 1. The van der Waals surface area contributed by atoms with Gasteiger partial charge < -0.3 is 14.6 Å². The van der Waals surface area contributed by atoms with E-state index in [9.17, 15) is 15.0 Å². The van der Waals surface area contributed by atoms with E-state index < -0.39 is 17.3 Å². The van der Waals surface area contributed by atoms with Gasteiger partial charge in [-0.3, -0.25) is 4.79 Å². The predicted octanol–water partition coefficient (Wildman–Crippen LogP) is 2.95. The van der Waals surface area contributed by atoms with Crippen molar-refractivity contribution in [3.63, 3.8) is 0 Å². The van der Waals surface area contributed by atoms with E-state index in [0.29, 0.717) is 5.56 Å². The molecule has 0 radical (unpaired) electrons. The van der Waals surface area contributed by atoms with Crippen LogP contribution in [-0.4, -0.2) is 16.0 Å². The molecular weight excluding hydrogens is 220 g/mol. The Balaban J connectivity index is 2.35. The molecule has 2 rings (SSSR count). The molecule has 0 aliphatic heterocycles. The van der Waals surface area contributed by atoms with Crippen LogP contribution in [0.15, 0.2) is 59.1 Å². The number of aliphatic hydroxyl groups excluding tert-OH is 2. The van der Waals surface area contributed by atoms with Crippen LogP contribution in [0.5, 0.6) is 0 Å². The Kier molecular flexibility index (Phi) is 2.96. The zero-order valence-electron chi connectivity index (χ0n) is 8.83. The highest BCUT2D eigenvalue weighted by Crippen LogP contribution is 2.17. The Bertz CT molecular complexity index is 538. The molecule has 0 aliphatic carbocycles. The molecule has 0 bridgehead atoms. The van der Waals surface area contributed by atoms with Crippen molar-refractivity contribution in [2.75, 3.05) is 0 Å². The summed E-state index contributed by atoms with van der Waals surface area (Å²) < 4.78 is 4.75. The summed E-state index contributed by atoms with van der Waals surface area (Å²) in [6.07, 6.45) is 2.58. The Morgan fingerprint density at radius 3 is 2.29 bits per heavy atom. The van der Waals surface area contributed by atoms with Crippen molar-refractivity contribution in [1.29, 1.82) is 0 Å². The van der Waals surface area contributed by atoms with E-state index in [1.807, 2.05) is 0 Å². The second-order valence-electron chi connectivity index (χ2n) is 3.40. The average Bonchev–Trinajstić information content (AvgIpc) is 2.91. The van der Waals surface area contributed by atoms with E-state index in [-0.39, 0.29) is 5.56 Å². The molecule has 2 aromatic rings. The summed E-state index contributed by atoms with van der Waals surface area (Å²) >= 11 is 0. The van der Waals surface area contributed by atoms with E-state index in [1.165, 1.54) is 18.6 Å². The fourth-order valence-electron chi connectivity index (χ4n) is 1.37. The molecule has 0 atom stereocenters. The van der Waals surface area contributed by atoms with Crippen molar-refractivity contribution in [3.8, 4) is 0 Å². The number of hydrogen-bond donors (Lipinski definition) is 2. The first kappa shape index (κ1) is 11.0. The molecule has 0 aliphatic rings. The Labute approximate surface area is 97.4 Å². The van der Waals surface area contributed by atoms with Crippen molar-refractivity contribution in [3.05, 3.63) is 65.8 Å². The number of aliphatic hydroxyl groups is 2. The van der Waals surface area contributed by atoms with Crippen LogP contribution >= 0.6 is 0 Å². The fraction of sp³-hybridized carbons (Fsp3) is 0. The van der Waals surface area contributed by atoms with Crippen molar-refractivity contribution in [2.24, 2.45) is 0 Å². The standard InChI is InChI=1S/C13H10O4/c14-11(9-4-2-1-3-5-9)13(16)12(15)10-6-7-17-8-10/h1-8,15-16H. The summed E-state index contributed by atoms with van der Waals surface area (Å²) in [7, 11) is 0. The van der Waals surface area contributed by atoms with Gasteiger partial charge in [-0.25, -0.2) is 0 Å². The second kappa shape index (κ2) is 4.57. The quantitative estimate of drug-likeness (QED) is 0.483. The van der Waals surface area contributed by atoms with Crippen LogP contribution in [0.1, 0.15) is 15.9 Å². The van der Waals surface area contributed by atoms with Crippen LogP contribution in [0.2, 0.25) is 0 Å². The zero-order chi connectivity index (χ0) is 12.3. The van der Waals surface area contributed by atoms with Crippen LogP contribution in [0.25, 0.3) is 5.76 Å². The maximum absolute atomic E-state index is 11.8. The van der Waals surface area contributed by atoms with Gasteiger partial charge >= 0.3 is 0 Å². The summed E-state index contributed by atoms with van der Waals surface area (Å²) in [6.45, 7) is 0. The maximum Gasteiger partial charge on any atom is 0.231 e. The van der Waals surface area contributed by atoms with Gasteiger partial charge in [-0.1, -0.05) is 30.3 Å². The minimum absolute atomic E-state index is 0.256. The highest BCUT2D eigenvalue weighted by molar-refractivity contribution is 6.10. The molecule has 4 nitrogen and oxygen atoms in total. The molecule has 1 aromatic heterocycles. The lowest BCUT2D eigenvalue weighted by molar-refractivity contribution is 0.0975. The number of carbonyl (C=O) groups excluding carboxylic acids is 1. The molecule has 1 aromatic carbocycles. The number of carbonyl (C=O) groups is 1. The molecule has 0 saturated carbocycles. The van der Waals surface area contributed by atoms with E-state index in [4.69, 9.17) is 4.42 Å². The van der Waals surface area contributed by atoms with Crippen molar-refractivity contribution >= 4 is 11.5 Å². The Morgan fingerprint density at radius 1 is 1.00 bits per heavy atom. The molecule has 2 N–H and O–H groups in total. The molecule has 0 amide bonds. The SMILES string of the molecule is O=C(C(O)=C(O)c1ccoc1)c1ccccc1. The lowest BCUT2D eigenvalue weighted by Crippen LogP contribution is -2.05. The van der Waals surface area contributed by atoms with Gasteiger partial charge in [0, 0.05) is 5.56 Å². The van der Waals surface area contributed by atoms with E-state index in [1.54, 1.807) is 30.3 Å². The third kappa shape index (κ3) is 2.20. The number of benzene rings is 1. The lowest BCUT2D eigenvalue weighted by Gasteiger charge is -2.02. The number of rotatable bonds is 3. The smallest absolute Gasteiger partial charge is 0.231 e. The summed E-state index contributed by atoms with van der Waals surface area (Å²) in [5.74, 6) is -1.82. The molecule has 4 heteroatoms. The molecular formula is C13H10O4. The Hall–Kier alpha value is -2.49. The minimum Gasteiger partial charge on any atom is -0.504 e. The van der Waals surface area contributed by atoms with Crippen LogP contribution < -0.4 is 0 Å². The fourth-order valence-corrected chi connectivity index (χ4v) is 1.37. The molecule has 0 spiro atoms.